The number of ketones is 1. The number of carbonyl (C=O) groups excluding carboxylic acids is 2. The largest absolute Gasteiger partial charge is 0.497 e. The Morgan fingerprint density at radius 2 is 1.65 bits per heavy atom. The zero-order valence-electron chi connectivity index (χ0n) is 21.8. The van der Waals surface area contributed by atoms with Crippen LogP contribution in [0.2, 0.25) is 0 Å². The molecular formula is C30H35N3O4. The number of methoxy groups -OCH3 is 1. The fourth-order valence-electron chi connectivity index (χ4n) is 4.34. The van der Waals surface area contributed by atoms with Gasteiger partial charge in [-0.25, -0.2) is 4.79 Å². The van der Waals surface area contributed by atoms with E-state index < -0.39 is 0 Å². The third-order valence-electron chi connectivity index (χ3n) is 6.66. The number of nitrogens with one attached hydrogen (secondary N) is 1. The first-order valence-corrected chi connectivity index (χ1v) is 12.6. The van der Waals surface area contributed by atoms with Gasteiger partial charge in [0.25, 0.3) is 0 Å². The predicted molar refractivity (Wildman–Crippen MR) is 145 cm³/mol. The van der Waals surface area contributed by atoms with Crippen LogP contribution in [0.25, 0.3) is 0 Å². The van der Waals surface area contributed by atoms with Crippen molar-refractivity contribution in [1.82, 2.24) is 9.80 Å². The van der Waals surface area contributed by atoms with E-state index in [0.717, 1.165) is 36.5 Å². The summed E-state index contributed by atoms with van der Waals surface area (Å²) < 4.78 is 11.9. The molecule has 1 N–H and O–H groups in total. The summed E-state index contributed by atoms with van der Waals surface area (Å²) in [7, 11) is 1.67. The van der Waals surface area contributed by atoms with Crippen LogP contribution in [-0.2, 0) is 11.3 Å². The maximum Gasteiger partial charge on any atom is 0.321 e. The molecule has 7 nitrogen and oxygen atoms in total. The molecule has 1 heterocycles. The van der Waals surface area contributed by atoms with Crippen LogP contribution in [0.1, 0.15) is 40.1 Å². The summed E-state index contributed by atoms with van der Waals surface area (Å²) in [4.78, 5) is 28.4. The molecule has 0 aromatic heterocycles. The third kappa shape index (κ3) is 7.41. The molecule has 1 fully saturated rings. The highest BCUT2D eigenvalue weighted by atomic mass is 16.5. The van der Waals surface area contributed by atoms with Gasteiger partial charge in [-0.2, -0.15) is 0 Å². The summed E-state index contributed by atoms with van der Waals surface area (Å²) in [5.41, 5.74) is 4.74. The number of hydrogen-bond acceptors (Lipinski definition) is 5. The Bertz CT molecular complexity index is 1190. The van der Waals surface area contributed by atoms with Gasteiger partial charge in [-0.1, -0.05) is 42.0 Å². The van der Waals surface area contributed by atoms with Gasteiger partial charge in [-0.3, -0.25) is 9.69 Å². The molecule has 3 aromatic rings. The lowest BCUT2D eigenvalue weighted by Gasteiger charge is -2.36. The average molecular weight is 502 g/mol. The van der Waals surface area contributed by atoms with Crippen LogP contribution in [0.3, 0.4) is 0 Å². The molecule has 0 spiro atoms. The van der Waals surface area contributed by atoms with E-state index in [9.17, 15) is 9.59 Å². The molecule has 0 saturated carbocycles. The Morgan fingerprint density at radius 3 is 2.30 bits per heavy atom. The van der Waals surface area contributed by atoms with Crippen LogP contribution < -0.4 is 10.1 Å². The van der Waals surface area contributed by atoms with E-state index >= 15 is 0 Å². The van der Waals surface area contributed by atoms with Gasteiger partial charge in [0.1, 0.15) is 5.75 Å². The predicted octanol–water partition coefficient (Wildman–Crippen LogP) is 5.31. The third-order valence-corrected chi connectivity index (χ3v) is 6.66. The van der Waals surface area contributed by atoms with Crippen LogP contribution in [0.4, 0.5) is 10.5 Å². The number of carbonyl (C=O) groups is 2. The molecule has 4 rings (SSSR count). The van der Waals surface area contributed by atoms with Crippen LogP contribution in [0, 0.1) is 6.92 Å². The second-order valence-electron chi connectivity index (χ2n) is 9.41. The van der Waals surface area contributed by atoms with E-state index in [1.807, 2.05) is 23.1 Å². The van der Waals surface area contributed by atoms with Crippen LogP contribution in [-0.4, -0.2) is 61.4 Å². The number of nitrogens with zero attached hydrogens (tertiary/aromatic N) is 2. The second kappa shape index (κ2) is 12.5. The first kappa shape index (κ1) is 26.4. The molecule has 0 bridgehead atoms. The van der Waals surface area contributed by atoms with Crippen molar-refractivity contribution in [1.29, 1.82) is 0 Å². The fraction of sp³-hybridized carbons (Fsp3) is 0.333. The number of Topliss-reactive ketones (excluding diaryl/α,β-unsaturated/α-hetero) is 1. The zero-order valence-corrected chi connectivity index (χ0v) is 21.8. The van der Waals surface area contributed by atoms with E-state index in [1.165, 1.54) is 12.5 Å². The van der Waals surface area contributed by atoms with Gasteiger partial charge in [0.05, 0.1) is 19.8 Å². The maximum atomic E-state index is 12.8. The number of benzene rings is 3. The van der Waals surface area contributed by atoms with E-state index in [0.29, 0.717) is 30.9 Å². The number of amides is 2. The van der Waals surface area contributed by atoms with Crippen molar-refractivity contribution in [2.75, 3.05) is 45.2 Å². The van der Waals surface area contributed by atoms with Gasteiger partial charge in [0.15, 0.2) is 5.78 Å². The van der Waals surface area contributed by atoms with Crippen molar-refractivity contribution in [3.05, 3.63) is 95.1 Å². The second-order valence-corrected chi connectivity index (χ2v) is 9.41. The van der Waals surface area contributed by atoms with Gasteiger partial charge < -0.3 is 19.7 Å². The molecule has 1 aliphatic heterocycles. The molecule has 3 aromatic carbocycles. The van der Waals surface area contributed by atoms with Gasteiger partial charge in [-0.05, 0) is 61.4 Å². The molecule has 2 amide bonds. The Kier molecular flexibility index (Phi) is 8.93. The molecule has 7 heteroatoms. The van der Waals surface area contributed by atoms with Gasteiger partial charge in [0, 0.05) is 44.0 Å². The van der Waals surface area contributed by atoms with Crippen molar-refractivity contribution in [3.8, 4) is 5.75 Å². The number of aryl methyl sites for hydroxylation is 1. The summed E-state index contributed by atoms with van der Waals surface area (Å²) in [5, 5.41) is 2.93. The highest BCUT2D eigenvalue weighted by Crippen LogP contribution is 2.25. The summed E-state index contributed by atoms with van der Waals surface area (Å²) in [6.45, 7) is 7.61. The highest BCUT2D eigenvalue weighted by Gasteiger charge is 2.24. The molecule has 0 aliphatic carbocycles. The first-order valence-electron chi connectivity index (χ1n) is 12.6. The molecular weight excluding hydrogens is 466 g/mol. The Morgan fingerprint density at radius 1 is 0.946 bits per heavy atom. The molecule has 1 saturated heterocycles. The van der Waals surface area contributed by atoms with Crippen molar-refractivity contribution >= 4 is 17.5 Å². The Balaban J connectivity index is 1.35. The summed E-state index contributed by atoms with van der Waals surface area (Å²) in [5.74, 6) is 0.809. The summed E-state index contributed by atoms with van der Waals surface area (Å²) in [6.07, 6.45) is -0.128. The highest BCUT2D eigenvalue weighted by molar-refractivity contribution is 5.95. The first-order chi connectivity index (χ1) is 17.9. The van der Waals surface area contributed by atoms with Crippen LogP contribution in [0.15, 0.2) is 72.8 Å². The number of piperazine rings is 1. The van der Waals surface area contributed by atoms with Crippen molar-refractivity contribution < 1.29 is 19.1 Å². The number of urea groups is 1. The van der Waals surface area contributed by atoms with Crippen LogP contribution in [0.5, 0.6) is 5.75 Å². The molecule has 0 radical (unpaired) electrons. The minimum atomic E-state index is -0.129. The standard InChI is InChI=1S/C30H35N3O4/c1-22-7-9-24(10-8-22)21-37-29(26-5-4-6-28(19-26)36-3)20-32-15-17-33(18-16-32)30(35)31-27-13-11-25(12-14-27)23(2)34/h4-14,19,29H,15-18,20-21H2,1-3H3,(H,31,35). The van der Waals surface area contributed by atoms with E-state index in [4.69, 9.17) is 9.47 Å². The fourth-order valence-corrected chi connectivity index (χ4v) is 4.34. The maximum absolute atomic E-state index is 12.8. The lowest BCUT2D eigenvalue weighted by molar-refractivity contribution is 0.00584. The average Bonchev–Trinajstić information content (AvgIpc) is 2.92. The number of rotatable bonds is 9. The minimum Gasteiger partial charge on any atom is -0.497 e. The summed E-state index contributed by atoms with van der Waals surface area (Å²) in [6, 6.07) is 23.3. The summed E-state index contributed by atoms with van der Waals surface area (Å²) >= 11 is 0. The molecule has 1 unspecified atom stereocenters. The topological polar surface area (TPSA) is 71.1 Å². The zero-order chi connectivity index (χ0) is 26.2. The quantitative estimate of drug-likeness (QED) is 0.402. The van der Waals surface area contributed by atoms with Gasteiger partial charge in [0.2, 0.25) is 0 Å². The molecule has 194 valence electrons. The Hall–Kier alpha value is -3.68. The SMILES string of the molecule is COc1cccc(C(CN2CCN(C(=O)Nc3ccc(C(C)=O)cc3)CC2)OCc2ccc(C)cc2)c1. The van der Waals surface area contributed by atoms with E-state index in [2.05, 4.69) is 47.5 Å². The monoisotopic (exact) mass is 501 g/mol. The minimum absolute atomic E-state index is 0.00379. The van der Waals surface area contributed by atoms with E-state index in [-0.39, 0.29) is 17.9 Å². The van der Waals surface area contributed by atoms with Crippen molar-refractivity contribution in [2.45, 2.75) is 26.6 Å². The number of anilines is 1. The van der Waals surface area contributed by atoms with Crippen molar-refractivity contribution in [2.24, 2.45) is 0 Å². The smallest absolute Gasteiger partial charge is 0.321 e. The normalized spacial score (nSPS) is 14.7. The molecule has 37 heavy (non-hydrogen) atoms. The van der Waals surface area contributed by atoms with Crippen LogP contribution >= 0.6 is 0 Å². The lowest BCUT2D eigenvalue weighted by Crippen LogP contribution is -2.50. The lowest BCUT2D eigenvalue weighted by atomic mass is 10.1. The number of ether oxygens (including phenoxy) is 2. The number of hydrogen-bond donors (Lipinski definition) is 1. The van der Waals surface area contributed by atoms with Gasteiger partial charge >= 0.3 is 6.03 Å². The molecule has 1 aliphatic rings. The van der Waals surface area contributed by atoms with Gasteiger partial charge in [-0.15, -0.1) is 0 Å². The van der Waals surface area contributed by atoms with Crippen molar-refractivity contribution in [3.63, 3.8) is 0 Å². The Labute approximate surface area is 219 Å². The van der Waals surface area contributed by atoms with E-state index in [1.54, 1.807) is 31.4 Å². The molecule has 1 atom stereocenters.